The van der Waals surface area contributed by atoms with Crippen molar-refractivity contribution in [1.82, 2.24) is 4.90 Å². The first-order valence-corrected chi connectivity index (χ1v) is 7.74. The van der Waals surface area contributed by atoms with Gasteiger partial charge in [0.2, 0.25) is 0 Å². The van der Waals surface area contributed by atoms with Gasteiger partial charge in [0.25, 0.3) is 0 Å². The Hall–Kier alpha value is -1.69. The lowest BCUT2D eigenvalue weighted by Gasteiger charge is -2.29. The Bertz CT molecular complexity index is 565. The molecule has 1 aliphatic carbocycles. The Morgan fingerprint density at radius 2 is 2.09 bits per heavy atom. The largest absolute Gasteiger partial charge is 0.411 e. The molecule has 0 aromatic heterocycles. The molecule has 5 nitrogen and oxygen atoms in total. The van der Waals surface area contributed by atoms with E-state index in [1.54, 1.807) is 0 Å². The molecule has 0 spiro atoms. The van der Waals surface area contributed by atoms with Gasteiger partial charge in [0.05, 0.1) is 25.5 Å². The molecule has 0 saturated carbocycles. The van der Waals surface area contributed by atoms with E-state index in [2.05, 4.69) is 22.2 Å². The van der Waals surface area contributed by atoms with E-state index in [-0.39, 0.29) is 12.0 Å². The van der Waals surface area contributed by atoms with E-state index < -0.39 is 0 Å². The van der Waals surface area contributed by atoms with Crippen molar-refractivity contribution in [3.8, 4) is 0 Å². The zero-order chi connectivity index (χ0) is 15.4. The van der Waals surface area contributed by atoms with Crippen LogP contribution in [0.3, 0.4) is 0 Å². The highest BCUT2D eigenvalue weighted by molar-refractivity contribution is 6.11. The van der Waals surface area contributed by atoms with Crippen LogP contribution in [0, 0.1) is 0 Å². The topological polar surface area (TPSA) is 65.3 Å². The lowest BCUT2D eigenvalue weighted by atomic mass is 9.94. The summed E-state index contributed by atoms with van der Waals surface area (Å²) in [6.07, 6.45) is 3.84. The average molecular weight is 302 g/mol. The summed E-state index contributed by atoms with van der Waals surface area (Å²) < 4.78 is 5.33. The normalized spacial score (nSPS) is 23.5. The van der Waals surface area contributed by atoms with Crippen molar-refractivity contribution in [3.05, 3.63) is 41.5 Å². The second-order valence-corrected chi connectivity index (χ2v) is 5.86. The smallest absolute Gasteiger partial charge is 0.0736 e. The molecule has 1 aromatic rings. The molecule has 0 bridgehead atoms. The highest BCUT2D eigenvalue weighted by Gasteiger charge is 2.25. The van der Waals surface area contributed by atoms with Crippen LogP contribution in [0.4, 0.5) is 0 Å². The van der Waals surface area contributed by atoms with Gasteiger partial charge in [0, 0.05) is 31.1 Å². The van der Waals surface area contributed by atoms with Gasteiger partial charge in [-0.1, -0.05) is 35.5 Å². The molecule has 1 aromatic carbocycles. The quantitative estimate of drug-likeness (QED) is 0.494. The molecule has 1 fully saturated rings. The molecule has 0 amide bonds. The Balaban J connectivity index is 1.66. The summed E-state index contributed by atoms with van der Waals surface area (Å²) in [6.45, 7) is 3.94. The summed E-state index contributed by atoms with van der Waals surface area (Å²) in [6, 6.07) is 8.09. The molecule has 2 aliphatic rings. The maximum absolute atomic E-state index is 10.4. The summed E-state index contributed by atoms with van der Waals surface area (Å²) in [5, 5.41) is 22.4. The summed E-state index contributed by atoms with van der Waals surface area (Å²) in [7, 11) is 0. The molecular weight excluding hydrogens is 280 g/mol. The van der Waals surface area contributed by atoms with Crippen LogP contribution in [-0.4, -0.2) is 60.4 Å². The van der Waals surface area contributed by atoms with Crippen LogP contribution >= 0.6 is 0 Å². The van der Waals surface area contributed by atoms with Gasteiger partial charge in [-0.25, -0.2) is 0 Å². The van der Waals surface area contributed by atoms with Gasteiger partial charge >= 0.3 is 0 Å². The first-order chi connectivity index (χ1) is 10.8. The fraction of sp³-hybridized carbons (Fsp3) is 0.471. The van der Waals surface area contributed by atoms with Crippen LogP contribution in [0.2, 0.25) is 0 Å². The molecule has 22 heavy (non-hydrogen) atoms. The van der Waals surface area contributed by atoms with E-state index in [1.165, 1.54) is 11.8 Å². The average Bonchev–Trinajstić information content (AvgIpc) is 2.87. The summed E-state index contributed by atoms with van der Waals surface area (Å²) in [4.78, 5) is 2.24. The molecular formula is C17H22N2O3. The predicted octanol–water partition coefficient (Wildman–Crippen LogP) is 1.71. The first-order valence-electron chi connectivity index (χ1n) is 7.74. The molecule has 0 radical (unpaired) electrons. The second kappa shape index (κ2) is 7.05. The van der Waals surface area contributed by atoms with Gasteiger partial charge in [0.1, 0.15) is 0 Å². The fourth-order valence-corrected chi connectivity index (χ4v) is 3.30. The van der Waals surface area contributed by atoms with Gasteiger partial charge in [-0.2, -0.15) is 0 Å². The minimum atomic E-state index is -0.377. The van der Waals surface area contributed by atoms with E-state index in [4.69, 9.17) is 9.94 Å². The lowest BCUT2D eigenvalue weighted by molar-refractivity contribution is 0.0126. The van der Waals surface area contributed by atoms with Crippen LogP contribution in [0.5, 0.6) is 0 Å². The van der Waals surface area contributed by atoms with Gasteiger partial charge in [0.15, 0.2) is 0 Å². The number of benzene rings is 1. The van der Waals surface area contributed by atoms with Gasteiger partial charge in [-0.15, -0.1) is 0 Å². The Kier molecular flexibility index (Phi) is 4.87. The van der Waals surface area contributed by atoms with E-state index in [0.717, 1.165) is 37.4 Å². The SMILES string of the molecule is O/N=C\C1=C[C@@H](C[C@@H](O)CN2CCOCC2)c2ccccc21. The van der Waals surface area contributed by atoms with E-state index >= 15 is 0 Å². The molecule has 1 heterocycles. The number of nitrogens with zero attached hydrogens (tertiary/aromatic N) is 2. The molecule has 1 aliphatic heterocycles. The summed E-state index contributed by atoms with van der Waals surface area (Å²) >= 11 is 0. The number of hydrogen-bond donors (Lipinski definition) is 2. The van der Waals surface area contributed by atoms with E-state index in [1.807, 2.05) is 18.2 Å². The standard InChI is InChI=1S/C17H22N2O3/c20-15(12-19-5-7-22-8-6-19)10-13-9-14(11-18-21)17-4-2-1-3-16(13)17/h1-4,9,11,13,15,20-21H,5-8,10,12H2/b18-11-/t13-,15+/m0/s1. The van der Waals surface area contributed by atoms with Crippen LogP contribution in [0.25, 0.3) is 5.57 Å². The zero-order valence-electron chi connectivity index (χ0n) is 12.6. The monoisotopic (exact) mass is 302 g/mol. The van der Waals surface area contributed by atoms with Crippen LogP contribution in [0.1, 0.15) is 23.5 Å². The predicted molar refractivity (Wildman–Crippen MR) is 85.3 cm³/mol. The number of ether oxygens (including phenoxy) is 1. The molecule has 2 N–H and O–H groups in total. The number of morpholine rings is 1. The van der Waals surface area contributed by atoms with Crippen molar-refractivity contribution < 1.29 is 15.1 Å². The van der Waals surface area contributed by atoms with Crippen LogP contribution in [0.15, 0.2) is 35.5 Å². The molecule has 0 unspecified atom stereocenters. The molecule has 1 saturated heterocycles. The van der Waals surface area contributed by atoms with Crippen molar-refractivity contribution in [2.45, 2.75) is 18.4 Å². The number of aliphatic hydroxyl groups is 1. The third kappa shape index (κ3) is 3.38. The Labute approximate surface area is 130 Å². The maximum atomic E-state index is 10.4. The van der Waals surface area contributed by atoms with E-state index in [9.17, 15) is 5.11 Å². The number of aliphatic hydroxyl groups excluding tert-OH is 1. The van der Waals surface area contributed by atoms with Crippen molar-refractivity contribution in [2.75, 3.05) is 32.8 Å². The highest BCUT2D eigenvalue weighted by atomic mass is 16.5. The Morgan fingerprint density at radius 3 is 2.86 bits per heavy atom. The summed E-state index contributed by atoms with van der Waals surface area (Å²) in [5.41, 5.74) is 3.20. The third-order valence-corrected chi connectivity index (χ3v) is 4.35. The number of oxime groups is 1. The molecule has 2 atom stereocenters. The molecule has 118 valence electrons. The van der Waals surface area contributed by atoms with Crippen molar-refractivity contribution in [3.63, 3.8) is 0 Å². The number of allylic oxidation sites excluding steroid dienone is 2. The van der Waals surface area contributed by atoms with Crippen molar-refractivity contribution >= 4 is 11.8 Å². The lowest BCUT2D eigenvalue weighted by Crippen LogP contribution is -2.41. The van der Waals surface area contributed by atoms with Gasteiger partial charge in [-0.05, 0) is 17.5 Å². The highest BCUT2D eigenvalue weighted by Crippen LogP contribution is 2.37. The minimum absolute atomic E-state index is 0.167. The van der Waals surface area contributed by atoms with E-state index in [0.29, 0.717) is 13.0 Å². The molecule has 3 rings (SSSR count). The van der Waals surface area contributed by atoms with Crippen LogP contribution in [-0.2, 0) is 4.74 Å². The third-order valence-electron chi connectivity index (χ3n) is 4.35. The van der Waals surface area contributed by atoms with Gasteiger partial charge < -0.3 is 15.1 Å². The molecule has 5 heteroatoms. The number of rotatable bonds is 5. The fourth-order valence-electron chi connectivity index (χ4n) is 3.30. The second-order valence-electron chi connectivity index (χ2n) is 5.86. The van der Waals surface area contributed by atoms with Crippen molar-refractivity contribution in [2.24, 2.45) is 5.16 Å². The van der Waals surface area contributed by atoms with Crippen molar-refractivity contribution in [1.29, 1.82) is 0 Å². The number of β-amino-alcohol motifs (C(OH)–C–C–N with tert-alkyl or cyclic N) is 1. The number of hydrogen-bond acceptors (Lipinski definition) is 5. The first kappa shape index (κ1) is 15.2. The summed E-state index contributed by atoms with van der Waals surface area (Å²) in [5.74, 6) is 0.167. The van der Waals surface area contributed by atoms with Crippen LogP contribution < -0.4 is 0 Å². The van der Waals surface area contributed by atoms with Gasteiger partial charge in [-0.3, -0.25) is 4.90 Å². The minimum Gasteiger partial charge on any atom is -0.411 e. The zero-order valence-corrected chi connectivity index (χ0v) is 12.6. The number of fused-ring (bicyclic) bond motifs is 1. The Morgan fingerprint density at radius 1 is 1.32 bits per heavy atom. The maximum Gasteiger partial charge on any atom is 0.0736 e.